The molecular formula is C15H17N5OS. The first-order valence-electron chi connectivity index (χ1n) is 7.19. The van der Waals surface area contributed by atoms with E-state index >= 15 is 0 Å². The van der Waals surface area contributed by atoms with Crippen LogP contribution in [0.5, 0.6) is 0 Å². The van der Waals surface area contributed by atoms with Crippen LogP contribution in [0.4, 0.5) is 5.69 Å². The predicted molar refractivity (Wildman–Crippen MR) is 86.1 cm³/mol. The Kier molecular flexibility index (Phi) is 4.15. The van der Waals surface area contributed by atoms with Gasteiger partial charge in [-0.05, 0) is 12.1 Å². The van der Waals surface area contributed by atoms with Crippen molar-refractivity contribution in [2.75, 3.05) is 5.32 Å². The van der Waals surface area contributed by atoms with Gasteiger partial charge in [0, 0.05) is 24.4 Å². The Morgan fingerprint density at radius 2 is 2.05 bits per heavy atom. The molecule has 0 saturated heterocycles. The Bertz CT molecular complexity index is 778. The van der Waals surface area contributed by atoms with Crippen LogP contribution >= 0.6 is 11.3 Å². The van der Waals surface area contributed by atoms with Crippen molar-refractivity contribution in [2.24, 2.45) is 0 Å². The molecule has 0 aliphatic carbocycles. The summed E-state index contributed by atoms with van der Waals surface area (Å²) in [5.74, 6) is 1.11. The number of para-hydroxylation sites is 1. The average molecular weight is 315 g/mol. The molecule has 2 aromatic heterocycles. The molecule has 3 rings (SSSR count). The van der Waals surface area contributed by atoms with Gasteiger partial charge in [0.15, 0.2) is 5.82 Å². The minimum atomic E-state index is -0.0127. The summed E-state index contributed by atoms with van der Waals surface area (Å²) in [7, 11) is 0. The normalized spacial score (nSPS) is 11.2. The van der Waals surface area contributed by atoms with Crippen LogP contribution in [0.3, 0.4) is 0 Å². The lowest BCUT2D eigenvalue weighted by Gasteiger charge is -2.03. The number of nitrogens with one attached hydrogen (secondary N) is 1. The van der Waals surface area contributed by atoms with E-state index in [1.54, 1.807) is 4.52 Å². The monoisotopic (exact) mass is 315 g/mol. The van der Waals surface area contributed by atoms with Crippen molar-refractivity contribution in [2.45, 2.75) is 32.6 Å². The molecule has 0 aliphatic rings. The van der Waals surface area contributed by atoms with Gasteiger partial charge in [-0.15, -0.1) is 10.2 Å². The van der Waals surface area contributed by atoms with Crippen molar-refractivity contribution in [1.82, 2.24) is 19.8 Å². The van der Waals surface area contributed by atoms with E-state index in [1.165, 1.54) is 11.3 Å². The smallest absolute Gasteiger partial charge is 0.234 e. The van der Waals surface area contributed by atoms with Crippen LogP contribution in [-0.2, 0) is 11.2 Å². The molecule has 0 bridgehead atoms. The molecule has 0 spiro atoms. The van der Waals surface area contributed by atoms with Gasteiger partial charge in [-0.1, -0.05) is 43.4 Å². The first kappa shape index (κ1) is 14.6. The van der Waals surface area contributed by atoms with Crippen molar-refractivity contribution < 1.29 is 4.79 Å². The molecule has 0 fully saturated rings. The van der Waals surface area contributed by atoms with Crippen LogP contribution < -0.4 is 5.32 Å². The van der Waals surface area contributed by atoms with Crippen LogP contribution in [0, 0.1) is 0 Å². The van der Waals surface area contributed by atoms with Gasteiger partial charge in [0.1, 0.15) is 5.01 Å². The summed E-state index contributed by atoms with van der Waals surface area (Å²) >= 11 is 1.48. The standard InChI is InChI=1S/C15H17N5OS/c1-10(2)14-17-18-15-20(14)19-13(22-15)9-8-12(21)16-11-6-4-3-5-7-11/h3-7,10H,8-9H2,1-2H3,(H,16,21). The van der Waals surface area contributed by atoms with Gasteiger partial charge in [0.2, 0.25) is 10.9 Å². The Morgan fingerprint density at radius 1 is 1.27 bits per heavy atom. The topological polar surface area (TPSA) is 72.2 Å². The first-order chi connectivity index (χ1) is 10.6. The number of benzene rings is 1. The molecule has 0 radical (unpaired) electrons. The Morgan fingerprint density at radius 3 is 2.77 bits per heavy atom. The van der Waals surface area contributed by atoms with E-state index in [0.29, 0.717) is 12.8 Å². The number of anilines is 1. The lowest BCUT2D eigenvalue weighted by Crippen LogP contribution is -2.12. The maximum atomic E-state index is 11.9. The van der Waals surface area contributed by atoms with Crippen LogP contribution in [0.1, 0.15) is 37.0 Å². The highest BCUT2D eigenvalue weighted by Gasteiger charge is 2.14. The summed E-state index contributed by atoms with van der Waals surface area (Å²) in [4.78, 5) is 12.7. The number of nitrogens with zero attached hydrogens (tertiary/aromatic N) is 4. The molecule has 6 nitrogen and oxygen atoms in total. The molecule has 0 saturated carbocycles. The maximum Gasteiger partial charge on any atom is 0.234 e. The predicted octanol–water partition coefficient (Wildman–Crippen LogP) is 2.88. The number of hydrogen-bond acceptors (Lipinski definition) is 5. The zero-order valence-electron chi connectivity index (χ0n) is 12.5. The number of carbonyl (C=O) groups excluding carboxylic acids is 1. The Labute approximate surface area is 132 Å². The van der Waals surface area contributed by atoms with Crippen molar-refractivity contribution >= 4 is 27.9 Å². The molecule has 3 aromatic rings. The van der Waals surface area contributed by atoms with Gasteiger partial charge < -0.3 is 5.32 Å². The summed E-state index contributed by atoms with van der Waals surface area (Å²) in [6, 6.07) is 9.45. The Balaban J connectivity index is 1.63. The third-order valence-electron chi connectivity index (χ3n) is 3.20. The van der Waals surface area contributed by atoms with Crippen LogP contribution in [-0.4, -0.2) is 25.7 Å². The maximum absolute atomic E-state index is 11.9. The van der Waals surface area contributed by atoms with E-state index in [2.05, 4.69) is 34.5 Å². The van der Waals surface area contributed by atoms with E-state index in [9.17, 15) is 4.79 Å². The van der Waals surface area contributed by atoms with Gasteiger partial charge in [0.05, 0.1) is 0 Å². The summed E-state index contributed by atoms with van der Waals surface area (Å²) < 4.78 is 1.78. The largest absolute Gasteiger partial charge is 0.326 e. The minimum Gasteiger partial charge on any atom is -0.326 e. The molecule has 7 heteroatoms. The quantitative estimate of drug-likeness (QED) is 0.786. The lowest BCUT2D eigenvalue weighted by molar-refractivity contribution is -0.116. The second kappa shape index (κ2) is 6.23. The number of amides is 1. The zero-order valence-corrected chi connectivity index (χ0v) is 13.3. The highest BCUT2D eigenvalue weighted by molar-refractivity contribution is 7.16. The number of carbonyl (C=O) groups is 1. The molecular weight excluding hydrogens is 298 g/mol. The third kappa shape index (κ3) is 3.14. The van der Waals surface area contributed by atoms with Gasteiger partial charge >= 0.3 is 0 Å². The van der Waals surface area contributed by atoms with Crippen LogP contribution in [0.15, 0.2) is 30.3 Å². The molecule has 0 atom stereocenters. The van der Waals surface area contributed by atoms with E-state index in [1.807, 2.05) is 30.3 Å². The average Bonchev–Trinajstić information content (AvgIpc) is 3.05. The fraction of sp³-hybridized carbons (Fsp3) is 0.333. The summed E-state index contributed by atoms with van der Waals surface area (Å²) in [5, 5.41) is 16.5. The van der Waals surface area contributed by atoms with Crippen molar-refractivity contribution in [3.63, 3.8) is 0 Å². The van der Waals surface area contributed by atoms with Gasteiger partial charge in [-0.3, -0.25) is 4.79 Å². The minimum absolute atomic E-state index is 0.0127. The molecule has 1 N–H and O–H groups in total. The van der Waals surface area contributed by atoms with Crippen molar-refractivity contribution in [3.05, 3.63) is 41.2 Å². The highest BCUT2D eigenvalue weighted by atomic mass is 32.1. The fourth-order valence-corrected chi connectivity index (χ4v) is 2.94. The molecule has 22 heavy (non-hydrogen) atoms. The summed E-state index contributed by atoms with van der Waals surface area (Å²) in [5.41, 5.74) is 0.813. The number of aromatic nitrogens is 4. The summed E-state index contributed by atoms with van der Waals surface area (Å²) in [6.45, 7) is 4.12. The molecule has 0 unspecified atom stereocenters. The zero-order chi connectivity index (χ0) is 15.5. The molecule has 2 heterocycles. The van der Waals surface area contributed by atoms with Gasteiger partial charge in [-0.2, -0.15) is 9.61 Å². The number of fused-ring (bicyclic) bond motifs is 1. The Hall–Kier alpha value is -2.28. The second-order valence-electron chi connectivity index (χ2n) is 5.32. The molecule has 1 aromatic carbocycles. The van der Waals surface area contributed by atoms with E-state index in [-0.39, 0.29) is 11.8 Å². The fourth-order valence-electron chi connectivity index (χ4n) is 2.10. The third-order valence-corrected chi connectivity index (χ3v) is 4.16. The van der Waals surface area contributed by atoms with E-state index < -0.39 is 0 Å². The second-order valence-corrected chi connectivity index (χ2v) is 6.36. The lowest BCUT2D eigenvalue weighted by atomic mass is 10.2. The van der Waals surface area contributed by atoms with Gasteiger partial charge in [0.25, 0.3) is 0 Å². The SMILES string of the molecule is CC(C)c1nnc2sc(CCC(=O)Nc3ccccc3)nn12. The highest BCUT2D eigenvalue weighted by Crippen LogP contribution is 2.19. The number of rotatable bonds is 5. The number of hydrogen-bond donors (Lipinski definition) is 1. The van der Waals surface area contributed by atoms with Crippen LogP contribution in [0.25, 0.3) is 4.96 Å². The molecule has 114 valence electrons. The van der Waals surface area contributed by atoms with Crippen molar-refractivity contribution in [1.29, 1.82) is 0 Å². The summed E-state index contributed by atoms with van der Waals surface area (Å²) in [6.07, 6.45) is 1.00. The van der Waals surface area contributed by atoms with Crippen LogP contribution in [0.2, 0.25) is 0 Å². The number of aryl methyl sites for hydroxylation is 1. The first-order valence-corrected chi connectivity index (χ1v) is 8.01. The van der Waals surface area contributed by atoms with Gasteiger partial charge in [-0.25, -0.2) is 0 Å². The molecule has 1 amide bonds. The van der Waals surface area contributed by atoms with E-state index in [4.69, 9.17) is 0 Å². The van der Waals surface area contributed by atoms with Crippen molar-refractivity contribution in [3.8, 4) is 0 Å². The molecule has 0 aliphatic heterocycles. The van der Waals surface area contributed by atoms with E-state index in [0.717, 1.165) is 21.5 Å².